The summed E-state index contributed by atoms with van der Waals surface area (Å²) in [5, 5.41) is -0.663. The number of rotatable bonds is 1. The number of para-hydroxylation sites is 1. The van der Waals surface area contributed by atoms with E-state index in [4.69, 9.17) is 15.4 Å². The number of halogens is 1. The molecule has 3 nitrogen and oxygen atoms in total. The highest BCUT2D eigenvalue weighted by molar-refractivity contribution is 8.13. The molecule has 1 aliphatic heterocycles. The van der Waals surface area contributed by atoms with Crippen molar-refractivity contribution in [3.63, 3.8) is 0 Å². The molecule has 5 heteroatoms. The second kappa shape index (κ2) is 3.68. The van der Waals surface area contributed by atoms with Crippen LogP contribution in [0, 0.1) is 5.92 Å². The zero-order valence-corrected chi connectivity index (χ0v) is 9.75. The van der Waals surface area contributed by atoms with Gasteiger partial charge in [-0.2, -0.15) is 0 Å². The van der Waals surface area contributed by atoms with Crippen molar-refractivity contribution in [3.05, 3.63) is 29.8 Å². The zero-order valence-electron chi connectivity index (χ0n) is 8.18. The fraction of sp³-hybridized carbons (Fsp3) is 0.400. The Bertz CT molecular complexity index is 469. The first kappa shape index (κ1) is 10.8. The van der Waals surface area contributed by atoms with Gasteiger partial charge in [0.15, 0.2) is 0 Å². The van der Waals surface area contributed by atoms with Gasteiger partial charge in [-0.1, -0.05) is 25.1 Å². The van der Waals surface area contributed by atoms with Crippen molar-refractivity contribution in [3.8, 4) is 5.75 Å². The third-order valence-electron chi connectivity index (χ3n) is 2.55. The summed E-state index contributed by atoms with van der Waals surface area (Å²) in [4.78, 5) is 0. The van der Waals surface area contributed by atoms with Gasteiger partial charge < -0.3 is 4.74 Å². The topological polar surface area (TPSA) is 43.4 Å². The molecule has 0 amide bonds. The minimum absolute atomic E-state index is 0.123. The minimum Gasteiger partial charge on any atom is -0.493 e. The molecule has 1 aromatic rings. The molecule has 0 saturated carbocycles. The van der Waals surface area contributed by atoms with Gasteiger partial charge in [0.1, 0.15) is 11.0 Å². The first-order chi connectivity index (χ1) is 7.00. The van der Waals surface area contributed by atoms with E-state index in [1.165, 1.54) is 0 Å². The Hall–Kier alpha value is -0.740. The zero-order chi connectivity index (χ0) is 11.1. The molecule has 1 heterocycles. The van der Waals surface area contributed by atoms with Crippen molar-refractivity contribution in [2.24, 2.45) is 5.92 Å². The highest BCUT2D eigenvalue weighted by Crippen LogP contribution is 2.41. The van der Waals surface area contributed by atoms with E-state index in [9.17, 15) is 8.42 Å². The molecule has 0 fully saturated rings. The minimum atomic E-state index is -3.60. The Morgan fingerprint density at radius 1 is 1.40 bits per heavy atom. The normalized spacial score (nSPS) is 25.5. The fourth-order valence-electron chi connectivity index (χ4n) is 1.89. The van der Waals surface area contributed by atoms with Crippen LogP contribution in [0.15, 0.2) is 24.3 Å². The predicted molar refractivity (Wildman–Crippen MR) is 58.6 cm³/mol. The molecule has 0 aliphatic carbocycles. The lowest BCUT2D eigenvalue weighted by atomic mass is 9.98. The molecular formula is C10H11ClO3S. The molecule has 0 N–H and O–H groups in total. The number of benzene rings is 1. The molecule has 0 radical (unpaired) electrons. The lowest BCUT2D eigenvalue weighted by molar-refractivity contribution is 0.228. The van der Waals surface area contributed by atoms with E-state index in [1.807, 2.05) is 13.0 Å². The largest absolute Gasteiger partial charge is 0.493 e. The first-order valence-corrected chi connectivity index (χ1v) is 7.02. The number of fused-ring (bicyclic) bond motifs is 1. The third kappa shape index (κ3) is 1.96. The number of ether oxygens (including phenoxy) is 1. The molecule has 0 spiro atoms. The molecular weight excluding hydrogens is 236 g/mol. The highest BCUT2D eigenvalue weighted by atomic mass is 35.7. The van der Waals surface area contributed by atoms with Crippen LogP contribution in [0.3, 0.4) is 0 Å². The van der Waals surface area contributed by atoms with Crippen LogP contribution in [0.25, 0.3) is 0 Å². The van der Waals surface area contributed by atoms with Crippen molar-refractivity contribution in [1.82, 2.24) is 0 Å². The average molecular weight is 247 g/mol. The van der Waals surface area contributed by atoms with Gasteiger partial charge in [-0.15, -0.1) is 0 Å². The fourth-order valence-corrected chi connectivity index (χ4v) is 3.84. The first-order valence-electron chi connectivity index (χ1n) is 4.65. The summed E-state index contributed by atoms with van der Waals surface area (Å²) < 4.78 is 28.4. The van der Waals surface area contributed by atoms with E-state index in [0.29, 0.717) is 17.9 Å². The maximum atomic E-state index is 11.5. The van der Waals surface area contributed by atoms with E-state index >= 15 is 0 Å². The van der Waals surface area contributed by atoms with Crippen molar-refractivity contribution in [2.75, 3.05) is 6.61 Å². The summed E-state index contributed by atoms with van der Waals surface area (Å²) in [5.74, 6) is 0.493. The van der Waals surface area contributed by atoms with Crippen LogP contribution >= 0.6 is 10.7 Å². The second-order valence-electron chi connectivity index (χ2n) is 3.72. The van der Waals surface area contributed by atoms with Crippen LogP contribution in [0.4, 0.5) is 0 Å². The van der Waals surface area contributed by atoms with Crippen molar-refractivity contribution < 1.29 is 13.2 Å². The Morgan fingerprint density at radius 2 is 2.07 bits per heavy atom. The summed E-state index contributed by atoms with van der Waals surface area (Å²) in [6.07, 6.45) is 0. The molecule has 2 rings (SSSR count). The summed E-state index contributed by atoms with van der Waals surface area (Å²) >= 11 is 0. The average Bonchev–Trinajstić information content (AvgIpc) is 2.15. The maximum absolute atomic E-state index is 11.5. The number of hydrogen-bond donors (Lipinski definition) is 0. The smallest absolute Gasteiger partial charge is 0.240 e. The van der Waals surface area contributed by atoms with Gasteiger partial charge in [0.05, 0.1) is 6.61 Å². The second-order valence-corrected chi connectivity index (χ2v) is 6.47. The van der Waals surface area contributed by atoms with E-state index in [1.54, 1.807) is 18.2 Å². The Balaban J connectivity index is 2.56. The van der Waals surface area contributed by atoms with Crippen LogP contribution in [-0.2, 0) is 9.05 Å². The van der Waals surface area contributed by atoms with Gasteiger partial charge in [-0.25, -0.2) is 8.42 Å². The summed E-state index contributed by atoms with van der Waals surface area (Å²) in [5.41, 5.74) is 0.659. The Morgan fingerprint density at radius 3 is 2.73 bits per heavy atom. The predicted octanol–water partition coefficient (Wildman–Crippen LogP) is 2.32. The maximum Gasteiger partial charge on any atom is 0.240 e. The van der Waals surface area contributed by atoms with E-state index in [0.717, 1.165) is 0 Å². The SMILES string of the molecule is CC1COc2ccccc2C1S(=O)(=O)Cl. The van der Waals surface area contributed by atoms with Crippen molar-refractivity contribution in [1.29, 1.82) is 0 Å². The molecule has 1 aromatic carbocycles. The molecule has 15 heavy (non-hydrogen) atoms. The molecule has 0 saturated heterocycles. The quantitative estimate of drug-likeness (QED) is 0.715. The van der Waals surface area contributed by atoms with Crippen LogP contribution in [-0.4, -0.2) is 15.0 Å². The van der Waals surface area contributed by atoms with Crippen LogP contribution in [0.2, 0.25) is 0 Å². The standard InChI is InChI=1S/C10H11ClO3S/c1-7-6-14-9-5-3-2-4-8(9)10(7)15(11,12)13/h2-5,7,10H,6H2,1H3. The molecule has 2 unspecified atom stereocenters. The van der Waals surface area contributed by atoms with Gasteiger partial charge in [-0.3, -0.25) is 0 Å². The van der Waals surface area contributed by atoms with E-state index < -0.39 is 14.3 Å². The lowest BCUT2D eigenvalue weighted by Crippen LogP contribution is -2.27. The van der Waals surface area contributed by atoms with Crippen molar-refractivity contribution in [2.45, 2.75) is 12.2 Å². The van der Waals surface area contributed by atoms with Crippen LogP contribution < -0.4 is 4.74 Å². The van der Waals surface area contributed by atoms with Crippen LogP contribution in [0.5, 0.6) is 5.75 Å². The highest BCUT2D eigenvalue weighted by Gasteiger charge is 2.36. The van der Waals surface area contributed by atoms with Gasteiger partial charge in [0, 0.05) is 22.2 Å². The summed E-state index contributed by atoms with van der Waals surface area (Å²) in [6, 6.07) is 7.11. The third-order valence-corrected chi connectivity index (χ3v) is 4.45. The summed E-state index contributed by atoms with van der Waals surface area (Å²) in [7, 11) is 1.85. The monoisotopic (exact) mass is 246 g/mol. The molecule has 0 bridgehead atoms. The lowest BCUT2D eigenvalue weighted by Gasteiger charge is -2.29. The van der Waals surface area contributed by atoms with E-state index in [-0.39, 0.29) is 5.92 Å². The van der Waals surface area contributed by atoms with Crippen molar-refractivity contribution >= 4 is 19.7 Å². The van der Waals surface area contributed by atoms with Gasteiger partial charge >= 0.3 is 0 Å². The molecule has 0 aromatic heterocycles. The van der Waals surface area contributed by atoms with Gasteiger partial charge in [0.25, 0.3) is 0 Å². The van der Waals surface area contributed by atoms with E-state index in [2.05, 4.69) is 0 Å². The Kier molecular flexibility index (Phi) is 2.64. The Labute approximate surface area is 93.4 Å². The summed E-state index contributed by atoms with van der Waals surface area (Å²) in [6.45, 7) is 2.20. The molecule has 1 aliphatic rings. The molecule has 82 valence electrons. The van der Waals surface area contributed by atoms with Gasteiger partial charge in [-0.05, 0) is 6.07 Å². The molecule has 2 atom stereocenters. The van der Waals surface area contributed by atoms with Gasteiger partial charge in [0.2, 0.25) is 9.05 Å². The van der Waals surface area contributed by atoms with Crippen LogP contribution in [0.1, 0.15) is 17.7 Å². The number of hydrogen-bond acceptors (Lipinski definition) is 3.